The lowest BCUT2D eigenvalue weighted by Crippen LogP contribution is -2.48. The summed E-state index contributed by atoms with van der Waals surface area (Å²) in [6.07, 6.45) is -1.90. The maximum Gasteiger partial charge on any atom is 0.323 e. The molecule has 0 fully saturated rings. The third-order valence-corrected chi connectivity index (χ3v) is 2.51. The van der Waals surface area contributed by atoms with Crippen molar-refractivity contribution in [3.8, 4) is 5.75 Å². The van der Waals surface area contributed by atoms with E-state index >= 15 is 0 Å². The van der Waals surface area contributed by atoms with Crippen LogP contribution in [0.1, 0.15) is 6.92 Å². The van der Waals surface area contributed by atoms with E-state index in [1.807, 2.05) is 18.2 Å². The van der Waals surface area contributed by atoms with Crippen LogP contribution in [0.25, 0.3) is 0 Å². The number of benzene rings is 1. The van der Waals surface area contributed by atoms with E-state index in [1.54, 1.807) is 12.1 Å². The molecule has 0 spiro atoms. The maximum absolute atomic E-state index is 10.8. The van der Waals surface area contributed by atoms with Crippen molar-refractivity contribution in [2.75, 3.05) is 13.2 Å². The van der Waals surface area contributed by atoms with E-state index in [1.165, 1.54) is 6.92 Å². The minimum Gasteiger partial charge on any atom is -0.491 e. The minimum atomic E-state index is -1.16. The van der Waals surface area contributed by atoms with Gasteiger partial charge in [0.1, 0.15) is 24.5 Å². The van der Waals surface area contributed by atoms with Crippen LogP contribution in [0.15, 0.2) is 30.3 Å². The molecule has 0 aliphatic rings. The highest BCUT2D eigenvalue weighted by Crippen LogP contribution is 2.08. The molecule has 0 aliphatic heterocycles. The molecule has 0 radical (unpaired) electrons. The van der Waals surface area contributed by atoms with Crippen LogP contribution < -0.4 is 10.1 Å². The molecule has 4 N–H and O–H groups in total. The highest BCUT2D eigenvalue weighted by molar-refractivity contribution is 5.74. The van der Waals surface area contributed by atoms with Crippen molar-refractivity contribution >= 4 is 5.97 Å². The number of aliphatic hydroxyl groups is 2. The number of rotatable bonds is 8. The average Bonchev–Trinajstić information content (AvgIpc) is 2.37. The van der Waals surface area contributed by atoms with E-state index in [4.69, 9.17) is 9.84 Å². The molecule has 0 unspecified atom stereocenters. The Balaban J connectivity index is 2.31. The Labute approximate surface area is 111 Å². The van der Waals surface area contributed by atoms with Gasteiger partial charge in [-0.15, -0.1) is 0 Å². The number of hydrogen-bond donors (Lipinski definition) is 4. The Kier molecular flexibility index (Phi) is 6.27. The second kappa shape index (κ2) is 7.73. The number of aliphatic carboxylic acids is 1. The lowest BCUT2D eigenvalue weighted by Gasteiger charge is -2.19. The number of nitrogens with one attached hydrogen (secondary N) is 1. The molecule has 19 heavy (non-hydrogen) atoms. The van der Waals surface area contributed by atoms with E-state index in [-0.39, 0.29) is 13.2 Å². The summed E-state index contributed by atoms with van der Waals surface area (Å²) in [7, 11) is 0. The highest BCUT2D eigenvalue weighted by Gasteiger charge is 2.23. The second-order valence-corrected chi connectivity index (χ2v) is 4.24. The van der Waals surface area contributed by atoms with Gasteiger partial charge in [0.25, 0.3) is 0 Å². The molecule has 0 heterocycles. The first-order valence-corrected chi connectivity index (χ1v) is 6.01. The van der Waals surface area contributed by atoms with E-state index in [2.05, 4.69) is 5.32 Å². The van der Waals surface area contributed by atoms with Crippen LogP contribution in [0.5, 0.6) is 5.75 Å². The smallest absolute Gasteiger partial charge is 0.323 e. The van der Waals surface area contributed by atoms with Crippen LogP contribution in [0, 0.1) is 0 Å². The number of carbonyl (C=O) groups is 1. The Hall–Kier alpha value is -1.63. The third-order valence-electron chi connectivity index (χ3n) is 2.51. The monoisotopic (exact) mass is 269 g/mol. The van der Waals surface area contributed by atoms with Gasteiger partial charge in [-0.1, -0.05) is 18.2 Å². The lowest BCUT2D eigenvalue weighted by atomic mass is 10.2. The molecule has 1 aromatic rings. The van der Waals surface area contributed by atoms with Gasteiger partial charge in [0.15, 0.2) is 0 Å². The summed E-state index contributed by atoms with van der Waals surface area (Å²) in [4.78, 5) is 10.8. The zero-order chi connectivity index (χ0) is 14.3. The highest BCUT2D eigenvalue weighted by atomic mass is 16.5. The van der Waals surface area contributed by atoms with Crippen LogP contribution in [-0.4, -0.2) is 52.7 Å². The Morgan fingerprint density at radius 2 is 1.95 bits per heavy atom. The van der Waals surface area contributed by atoms with Crippen LogP contribution in [-0.2, 0) is 4.79 Å². The van der Waals surface area contributed by atoms with E-state index in [0.717, 1.165) is 0 Å². The normalized spacial score (nSPS) is 15.5. The molecule has 1 aromatic carbocycles. The summed E-state index contributed by atoms with van der Waals surface area (Å²) in [5, 5.41) is 30.3. The van der Waals surface area contributed by atoms with Gasteiger partial charge in [-0.3, -0.25) is 10.1 Å². The SMILES string of the molecule is C[C@H](O)[C@@H](NC[C@@H](O)COc1ccccc1)C(=O)O. The molecule has 0 saturated carbocycles. The van der Waals surface area contributed by atoms with Gasteiger partial charge >= 0.3 is 5.97 Å². The fraction of sp³-hybridized carbons (Fsp3) is 0.462. The van der Waals surface area contributed by atoms with Crippen LogP contribution >= 0.6 is 0 Å². The fourth-order valence-corrected chi connectivity index (χ4v) is 1.50. The first-order chi connectivity index (χ1) is 9.00. The molecule has 0 aliphatic carbocycles. The van der Waals surface area contributed by atoms with Crippen LogP contribution in [0.3, 0.4) is 0 Å². The predicted octanol–water partition coefficient (Wildman–Crippen LogP) is -0.150. The molecule has 3 atom stereocenters. The molecular weight excluding hydrogens is 250 g/mol. The molecular formula is C13H19NO5. The van der Waals surface area contributed by atoms with Gasteiger partial charge in [0.05, 0.1) is 6.10 Å². The summed E-state index contributed by atoms with van der Waals surface area (Å²) in [6.45, 7) is 1.44. The van der Waals surface area contributed by atoms with E-state index in [9.17, 15) is 15.0 Å². The van der Waals surface area contributed by atoms with Crippen molar-refractivity contribution in [1.29, 1.82) is 0 Å². The zero-order valence-electron chi connectivity index (χ0n) is 10.7. The van der Waals surface area contributed by atoms with Gasteiger partial charge < -0.3 is 20.1 Å². The zero-order valence-corrected chi connectivity index (χ0v) is 10.7. The Morgan fingerprint density at radius 3 is 2.47 bits per heavy atom. The van der Waals surface area contributed by atoms with Gasteiger partial charge in [-0.25, -0.2) is 0 Å². The van der Waals surface area contributed by atoms with Crippen molar-refractivity contribution in [3.63, 3.8) is 0 Å². The van der Waals surface area contributed by atoms with Gasteiger partial charge in [-0.05, 0) is 19.1 Å². The number of aliphatic hydroxyl groups excluding tert-OH is 2. The number of carboxylic acid groups (broad SMARTS) is 1. The molecule has 6 heteroatoms. The van der Waals surface area contributed by atoms with Crippen molar-refractivity contribution in [1.82, 2.24) is 5.32 Å². The summed E-state index contributed by atoms with van der Waals surface area (Å²) < 4.78 is 5.32. The lowest BCUT2D eigenvalue weighted by molar-refractivity contribution is -0.142. The van der Waals surface area contributed by atoms with Gasteiger partial charge in [0.2, 0.25) is 0 Å². The maximum atomic E-state index is 10.8. The Morgan fingerprint density at radius 1 is 1.32 bits per heavy atom. The Bertz CT molecular complexity index is 382. The molecule has 0 aromatic heterocycles. The third kappa shape index (κ3) is 5.69. The molecule has 6 nitrogen and oxygen atoms in total. The molecule has 1 rings (SSSR count). The van der Waals surface area contributed by atoms with E-state index in [0.29, 0.717) is 5.75 Å². The molecule has 0 bridgehead atoms. The summed E-state index contributed by atoms with van der Waals surface area (Å²) in [5.74, 6) is -0.530. The second-order valence-electron chi connectivity index (χ2n) is 4.24. The van der Waals surface area contributed by atoms with Crippen LogP contribution in [0.4, 0.5) is 0 Å². The standard InChI is InChI=1S/C13H19NO5/c1-9(15)12(13(17)18)14-7-10(16)8-19-11-5-3-2-4-6-11/h2-6,9-10,12,14-16H,7-8H2,1H3,(H,17,18)/t9-,10+,12+/m0/s1. The topological polar surface area (TPSA) is 99.0 Å². The number of para-hydroxylation sites is 1. The summed E-state index contributed by atoms with van der Waals surface area (Å²) in [5.41, 5.74) is 0. The molecule has 0 saturated heterocycles. The predicted molar refractivity (Wildman–Crippen MR) is 69.1 cm³/mol. The van der Waals surface area contributed by atoms with Crippen LogP contribution in [0.2, 0.25) is 0 Å². The van der Waals surface area contributed by atoms with Crippen molar-refractivity contribution in [2.24, 2.45) is 0 Å². The number of hydrogen-bond acceptors (Lipinski definition) is 5. The summed E-state index contributed by atoms with van der Waals surface area (Å²) in [6, 6.07) is 7.89. The van der Waals surface area contributed by atoms with Gasteiger partial charge in [0, 0.05) is 6.54 Å². The largest absolute Gasteiger partial charge is 0.491 e. The fourth-order valence-electron chi connectivity index (χ4n) is 1.50. The first-order valence-electron chi connectivity index (χ1n) is 6.01. The van der Waals surface area contributed by atoms with Gasteiger partial charge in [-0.2, -0.15) is 0 Å². The average molecular weight is 269 g/mol. The van der Waals surface area contributed by atoms with E-state index < -0.39 is 24.2 Å². The van der Waals surface area contributed by atoms with Crippen molar-refractivity contribution in [2.45, 2.75) is 25.2 Å². The van der Waals surface area contributed by atoms with Crippen molar-refractivity contribution in [3.05, 3.63) is 30.3 Å². The molecule has 0 amide bonds. The number of carboxylic acids is 1. The summed E-state index contributed by atoms with van der Waals surface area (Å²) >= 11 is 0. The first kappa shape index (κ1) is 15.4. The molecule has 106 valence electrons. The quantitative estimate of drug-likeness (QED) is 0.524. The number of ether oxygens (including phenoxy) is 1. The van der Waals surface area contributed by atoms with Crippen molar-refractivity contribution < 1.29 is 24.9 Å². The minimum absolute atomic E-state index is 0.0225.